The normalized spacial score (nSPS) is 11.7. The van der Waals surface area contributed by atoms with Crippen molar-refractivity contribution in [3.05, 3.63) is 78.1 Å². The molecule has 1 N–H and O–H groups in total. The predicted octanol–water partition coefficient (Wildman–Crippen LogP) is 2.31. The first-order valence-corrected chi connectivity index (χ1v) is 7.51. The van der Waals surface area contributed by atoms with Crippen molar-refractivity contribution < 1.29 is 9.84 Å². The Morgan fingerprint density at radius 2 is 1.96 bits per heavy atom. The molecule has 0 spiro atoms. The number of nitriles is 1. The lowest BCUT2D eigenvalue weighted by molar-refractivity contribution is 0.196. The van der Waals surface area contributed by atoms with E-state index in [0.29, 0.717) is 36.0 Å². The Balaban J connectivity index is 1.62. The van der Waals surface area contributed by atoms with Gasteiger partial charge in [-0.15, -0.1) is 0 Å². The molecule has 6 nitrogen and oxygen atoms in total. The minimum atomic E-state index is -0.879. The van der Waals surface area contributed by atoms with E-state index in [1.165, 1.54) is 0 Å². The minimum absolute atomic E-state index is 0.421. The Labute approximate surface area is 139 Å². The van der Waals surface area contributed by atoms with Crippen molar-refractivity contribution in [1.29, 1.82) is 5.26 Å². The molecule has 0 bridgehead atoms. The third-order valence-corrected chi connectivity index (χ3v) is 3.54. The number of hydrogen-bond donors (Lipinski definition) is 1. The molecule has 0 aliphatic heterocycles. The van der Waals surface area contributed by atoms with Crippen LogP contribution in [0.4, 0.5) is 0 Å². The van der Waals surface area contributed by atoms with Gasteiger partial charge in [-0.3, -0.25) is 4.98 Å². The SMILES string of the molecule is N#Cc1ccc(OCCn2ccnc2[C@@H](O)c2ccccn2)cc1. The molecule has 0 saturated carbocycles. The Hall–Kier alpha value is -3.17. The number of hydrogen-bond acceptors (Lipinski definition) is 5. The lowest BCUT2D eigenvalue weighted by Crippen LogP contribution is -2.14. The molecular formula is C18H16N4O2. The first-order valence-electron chi connectivity index (χ1n) is 7.51. The monoisotopic (exact) mass is 320 g/mol. The number of pyridine rings is 1. The van der Waals surface area contributed by atoms with Crippen LogP contribution in [0.15, 0.2) is 61.1 Å². The van der Waals surface area contributed by atoms with Crippen molar-refractivity contribution in [2.75, 3.05) is 6.61 Å². The minimum Gasteiger partial charge on any atom is -0.492 e. The lowest BCUT2D eigenvalue weighted by atomic mass is 10.2. The largest absolute Gasteiger partial charge is 0.492 e. The average Bonchev–Trinajstić information content (AvgIpc) is 3.11. The lowest BCUT2D eigenvalue weighted by Gasteiger charge is -2.13. The zero-order valence-corrected chi connectivity index (χ0v) is 12.9. The molecule has 3 rings (SSSR count). The molecule has 2 heterocycles. The number of aromatic nitrogens is 3. The molecular weight excluding hydrogens is 304 g/mol. The van der Waals surface area contributed by atoms with Crippen LogP contribution in [0.1, 0.15) is 23.2 Å². The number of aliphatic hydroxyl groups excluding tert-OH is 1. The fourth-order valence-corrected chi connectivity index (χ4v) is 2.31. The van der Waals surface area contributed by atoms with Crippen LogP contribution in [0.3, 0.4) is 0 Å². The van der Waals surface area contributed by atoms with Crippen LogP contribution in [-0.2, 0) is 6.54 Å². The fourth-order valence-electron chi connectivity index (χ4n) is 2.31. The van der Waals surface area contributed by atoms with Gasteiger partial charge in [-0.05, 0) is 36.4 Å². The Bertz CT molecular complexity index is 822. The number of nitrogens with zero attached hydrogens (tertiary/aromatic N) is 4. The maximum absolute atomic E-state index is 10.4. The smallest absolute Gasteiger partial charge is 0.153 e. The van der Waals surface area contributed by atoms with Crippen molar-refractivity contribution in [3.63, 3.8) is 0 Å². The maximum atomic E-state index is 10.4. The van der Waals surface area contributed by atoms with Crippen molar-refractivity contribution in [2.24, 2.45) is 0 Å². The second kappa shape index (κ2) is 7.40. The van der Waals surface area contributed by atoms with Crippen LogP contribution < -0.4 is 4.74 Å². The van der Waals surface area contributed by atoms with Crippen LogP contribution in [0, 0.1) is 11.3 Å². The molecule has 0 amide bonds. The number of rotatable bonds is 6. The van der Waals surface area contributed by atoms with Crippen molar-refractivity contribution in [2.45, 2.75) is 12.6 Å². The van der Waals surface area contributed by atoms with Gasteiger partial charge in [-0.1, -0.05) is 6.07 Å². The molecule has 0 aliphatic carbocycles. The second-order valence-electron chi connectivity index (χ2n) is 5.12. The zero-order chi connectivity index (χ0) is 16.8. The summed E-state index contributed by atoms with van der Waals surface area (Å²) >= 11 is 0. The van der Waals surface area contributed by atoms with Crippen LogP contribution in [0.5, 0.6) is 5.75 Å². The Kier molecular flexibility index (Phi) is 4.84. The molecule has 2 aromatic heterocycles. The van der Waals surface area contributed by atoms with E-state index >= 15 is 0 Å². The van der Waals surface area contributed by atoms with Gasteiger partial charge in [0.2, 0.25) is 0 Å². The molecule has 0 saturated heterocycles. The highest BCUT2D eigenvalue weighted by molar-refractivity contribution is 5.34. The number of aliphatic hydroxyl groups is 1. The molecule has 1 atom stereocenters. The van der Waals surface area contributed by atoms with Gasteiger partial charge in [-0.25, -0.2) is 4.98 Å². The van der Waals surface area contributed by atoms with Crippen LogP contribution in [0.25, 0.3) is 0 Å². The maximum Gasteiger partial charge on any atom is 0.153 e. The standard InChI is InChI=1S/C18H16N4O2/c19-13-14-4-6-15(7-5-14)24-12-11-22-10-9-21-18(22)17(23)16-3-1-2-8-20-16/h1-10,17,23H,11-12H2/t17-/m0/s1. The third kappa shape index (κ3) is 3.59. The van der Waals surface area contributed by atoms with E-state index in [1.54, 1.807) is 55.0 Å². The molecule has 0 radical (unpaired) electrons. The van der Waals surface area contributed by atoms with E-state index in [4.69, 9.17) is 10.00 Å². The summed E-state index contributed by atoms with van der Waals surface area (Å²) in [6, 6.07) is 14.4. The van der Waals surface area contributed by atoms with E-state index in [-0.39, 0.29) is 0 Å². The summed E-state index contributed by atoms with van der Waals surface area (Å²) in [6.07, 6.45) is 4.20. The first-order chi connectivity index (χ1) is 11.8. The Morgan fingerprint density at radius 3 is 2.67 bits per heavy atom. The summed E-state index contributed by atoms with van der Waals surface area (Å²) in [5, 5.41) is 19.2. The van der Waals surface area contributed by atoms with Gasteiger partial charge in [0.1, 0.15) is 18.2 Å². The van der Waals surface area contributed by atoms with Crippen LogP contribution in [-0.4, -0.2) is 26.2 Å². The van der Waals surface area contributed by atoms with Crippen molar-refractivity contribution in [1.82, 2.24) is 14.5 Å². The van der Waals surface area contributed by atoms with E-state index in [0.717, 1.165) is 0 Å². The fraction of sp³-hybridized carbons (Fsp3) is 0.167. The summed E-state index contributed by atoms with van der Waals surface area (Å²) in [5.41, 5.74) is 1.15. The summed E-state index contributed by atoms with van der Waals surface area (Å²) in [4.78, 5) is 8.38. The van der Waals surface area contributed by atoms with Gasteiger partial charge in [0.05, 0.1) is 23.9 Å². The molecule has 0 fully saturated rings. The van der Waals surface area contributed by atoms with Gasteiger partial charge in [-0.2, -0.15) is 5.26 Å². The molecule has 1 aromatic carbocycles. The quantitative estimate of drug-likeness (QED) is 0.753. The molecule has 24 heavy (non-hydrogen) atoms. The van der Waals surface area contributed by atoms with Gasteiger partial charge < -0.3 is 14.4 Å². The van der Waals surface area contributed by atoms with Crippen LogP contribution >= 0.6 is 0 Å². The van der Waals surface area contributed by atoms with Crippen molar-refractivity contribution >= 4 is 0 Å². The summed E-state index contributed by atoms with van der Waals surface area (Å²) in [5.74, 6) is 1.22. The molecule has 0 aliphatic rings. The van der Waals surface area contributed by atoms with Gasteiger partial charge in [0.15, 0.2) is 6.10 Å². The zero-order valence-electron chi connectivity index (χ0n) is 12.9. The highest BCUT2D eigenvalue weighted by Crippen LogP contribution is 2.18. The Morgan fingerprint density at radius 1 is 1.12 bits per heavy atom. The number of benzene rings is 1. The second-order valence-corrected chi connectivity index (χ2v) is 5.12. The van der Waals surface area contributed by atoms with E-state index in [2.05, 4.69) is 16.0 Å². The number of ether oxygens (including phenoxy) is 1. The first kappa shape index (κ1) is 15.7. The van der Waals surface area contributed by atoms with E-state index < -0.39 is 6.10 Å². The molecule has 0 unspecified atom stereocenters. The molecule has 3 aromatic rings. The molecule has 6 heteroatoms. The van der Waals surface area contributed by atoms with Gasteiger partial charge in [0.25, 0.3) is 0 Å². The van der Waals surface area contributed by atoms with Gasteiger partial charge >= 0.3 is 0 Å². The summed E-state index contributed by atoms with van der Waals surface area (Å²) < 4.78 is 7.50. The van der Waals surface area contributed by atoms with Crippen molar-refractivity contribution in [3.8, 4) is 11.8 Å². The summed E-state index contributed by atoms with van der Waals surface area (Å²) in [7, 11) is 0. The van der Waals surface area contributed by atoms with E-state index in [1.807, 2.05) is 10.6 Å². The molecule has 120 valence electrons. The topological polar surface area (TPSA) is 84.0 Å². The van der Waals surface area contributed by atoms with E-state index in [9.17, 15) is 5.11 Å². The highest BCUT2D eigenvalue weighted by atomic mass is 16.5. The highest BCUT2D eigenvalue weighted by Gasteiger charge is 2.17. The average molecular weight is 320 g/mol. The third-order valence-electron chi connectivity index (χ3n) is 3.54. The summed E-state index contributed by atoms with van der Waals surface area (Å²) in [6.45, 7) is 0.962. The number of imidazole rings is 1. The van der Waals surface area contributed by atoms with Crippen LogP contribution in [0.2, 0.25) is 0 Å². The predicted molar refractivity (Wildman–Crippen MR) is 87.2 cm³/mol. The van der Waals surface area contributed by atoms with Gasteiger partial charge in [0, 0.05) is 18.6 Å².